The third kappa shape index (κ3) is 9.55. The molecule has 20 rings (SSSR count). The second kappa shape index (κ2) is 24.0. The summed E-state index contributed by atoms with van der Waals surface area (Å²) in [6, 6.07) is 121. The number of fused-ring (bicyclic) bond motifs is 18. The molecule has 10 heteroatoms. The topological polar surface area (TPSA) is 124 Å². The zero-order valence-electron chi connectivity index (χ0n) is 55.6. The standard InChI is InChI=1S/C94H55N8O2/c95-56-58-35-47-79-83(51-58)103-85-54-67(43-49-81(85)93(79)75-31-14-10-27-71(75)72-28-11-15-32-76(72)93)60-37-39-64(40-38-60)90-98-87(61-19-4-1-5-20-61)99-91(100-90)65-41-45-70(46-42-65)96-57-59-36-48-80-84(52-59)104-86-55-68(44-50-82(86)94(80)77-33-16-12-29-73(77)74-30-13-17-34-78(74)94)66-25-18-26-69(53-66)92-101-88(62-21-6-2-7-22-62)97-89(102-92)63-23-8-3-9-24-63/h1-55H/q+1. The third-order valence-corrected chi connectivity index (χ3v) is 20.8. The zero-order chi connectivity index (χ0) is 68.9. The normalized spacial score (nSPS) is 13.0. The Morgan fingerprint density at radius 3 is 0.971 bits per heavy atom. The number of benzene rings is 14. The van der Waals surface area contributed by atoms with E-state index in [4.69, 9.17) is 44.2 Å². The van der Waals surface area contributed by atoms with Crippen molar-refractivity contribution in [3.8, 4) is 148 Å². The number of aromatic nitrogens is 6. The maximum Gasteiger partial charge on any atom is 0.340 e. The molecule has 2 aliphatic heterocycles. The first-order valence-electron chi connectivity index (χ1n) is 34.6. The molecule has 0 radical (unpaired) electrons. The first-order valence-corrected chi connectivity index (χ1v) is 34.6. The van der Waals surface area contributed by atoms with Crippen molar-refractivity contribution in [1.82, 2.24) is 29.9 Å². The van der Waals surface area contributed by atoms with Crippen LogP contribution in [-0.4, -0.2) is 29.9 Å². The summed E-state index contributed by atoms with van der Waals surface area (Å²) in [5.74, 6) is 6.30. The number of rotatable bonds is 8. The van der Waals surface area contributed by atoms with Crippen LogP contribution in [-0.2, 0) is 10.8 Å². The van der Waals surface area contributed by atoms with E-state index < -0.39 is 10.8 Å². The largest absolute Gasteiger partial charge is 0.457 e. The maximum absolute atomic E-state index is 10.1. The summed E-state index contributed by atoms with van der Waals surface area (Å²) < 4.78 is 14.0. The number of nitriles is 1. The fraction of sp³-hybridized carbons (Fsp3) is 0.0213. The SMILES string of the molecule is N#Cc1ccc2c(c1)Oc1cc(-c3ccc(-c4nc(-c5ccccc5)nc(-c5ccc([N+]#Cc6ccc7c(c6)Oc6cc(-c8cccc(-c9nc(-c%10ccccc%10)nc(-c%10ccccc%10)n9)c8)ccc6C76c7ccccc7-c7ccccc76)cc5)n4)cc3)ccc1C21c2ccccc2-c2ccccc21. The second-order valence-corrected chi connectivity index (χ2v) is 26.5. The van der Waals surface area contributed by atoms with E-state index in [9.17, 15) is 5.26 Å². The summed E-state index contributed by atoms with van der Waals surface area (Å²) >= 11 is 0. The minimum atomic E-state index is -0.686. The lowest BCUT2D eigenvalue weighted by Gasteiger charge is -2.39. The highest BCUT2D eigenvalue weighted by atomic mass is 16.5. The zero-order valence-corrected chi connectivity index (χ0v) is 55.6. The number of hydrogen-bond acceptors (Lipinski definition) is 9. The van der Waals surface area contributed by atoms with Crippen molar-refractivity contribution in [2.75, 3.05) is 0 Å². The summed E-state index contributed by atoms with van der Waals surface area (Å²) in [5, 5.41) is 10.1. The third-order valence-electron chi connectivity index (χ3n) is 20.8. The van der Waals surface area contributed by atoms with Crippen LogP contribution in [0.4, 0.5) is 5.69 Å². The molecule has 0 unspecified atom stereocenters. The summed E-state index contributed by atoms with van der Waals surface area (Å²) in [6.45, 7) is 0. The molecule has 16 aromatic rings. The van der Waals surface area contributed by atoms with E-state index >= 15 is 0 Å². The van der Waals surface area contributed by atoms with Crippen LogP contribution in [0, 0.1) is 17.4 Å². The van der Waals surface area contributed by atoms with E-state index in [2.05, 4.69) is 218 Å². The Morgan fingerprint density at radius 1 is 0.240 bits per heavy atom. The molecule has 14 aromatic carbocycles. The Balaban J connectivity index is 0.618. The summed E-state index contributed by atoms with van der Waals surface area (Å²) in [7, 11) is 0. The van der Waals surface area contributed by atoms with Gasteiger partial charge in [0.05, 0.1) is 22.5 Å². The van der Waals surface area contributed by atoms with Gasteiger partial charge in [-0.3, -0.25) is 0 Å². The lowest BCUT2D eigenvalue weighted by atomic mass is 9.66. The maximum atomic E-state index is 10.1. The average Bonchev–Trinajstić information content (AvgIpc) is 1.50. The molecule has 0 N–H and O–H groups in total. The van der Waals surface area contributed by atoms with E-state index in [1.165, 1.54) is 44.5 Å². The Labute approximate surface area is 599 Å². The fourth-order valence-electron chi connectivity index (χ4n) is 16.1. The van der Waals surface area contributed by atoms with Gasteiger partial charge in [0.25, 0.3) is 0 Å². The van der Waals surface area contributed by atoms with E-state index in [0.29, 0.717) is 51.9 Å². The first-order chi connectivity index (χ1) is 51.4. The van der Waals surface area contributed by atoms with Crippen molar-refractivity contribution in [3.63, 3.8) is 0 Å². The Kier molecular flexibility index (Phi) is 13.8. The van der Waals surface area contributed by atoms with Crippen molar-refractivity contribution in [1.29, 1.82) is 5.26 Å². The molecule has 4 aliphatic rings. The molecule has 4 heterocycles. The van der Waals surface area contributed by atoms with Gasteiger partial charge in [-0.05, 0) is 120 Å². The van der Waals surface area contributed by atoms with Crippen LogP contribution < -0.4 is 9.47 Å². The van der Waals surface area contributed by atoms with Gasteiger partial charge in [-0.25, -0.2) is 29.9 Å². The molecular weight excluding hydrogens is 1270 g/mol. The Hall–Kier alpha value is -14.3. The smallest absolute Gasteiger partial charge is 0.340 e. The summed E-state index contributed by atoms with van der Waals surface area (Å²) in [6.07, 6.45) is 0. The van der Waals surface area contributed by atoms with Crippen LogP contribution >= 0.6 is 0 Å². The number of ether oxygens (including phenoxy) is 2. The molecule has 104 heavy (non-hydrogen) atoms. The minimum Gasteiger partial charge on any atom is -0.457 e. The fourth-order valence-corrected chi connectivity index (χ4v) is 16.1. The predicted molar refractivity (Wildman–Crippen MR) is 409 cm³/mol. The van der Waals surface area contributed by atoms with Gasteiger partial charge in [-0.15, -0.1) is 0 Å². The van der Waals surface area contributed by atoms with Crippen molar-refractivity contribution >= 4 is 5.69 Å². The average molecular weight is 1330 g/mol. The van der Waals surface area contributed by atoms with Crippen molar-refractivity contribution in [3.05, 3.63) is 394 Å². The molecular formula is C94H55N8O2+. The van der Waals surface area contributed by atoms with Gasteiger partial charge >= 0.3 is 11.8 Å². The lowest BCUT2D eigenvalue weighted by molar-refractivity contribution is 0.436. The molecule has 2 aliphatic carbocycles. The molecule has 0 saturated carbocycles. The highest BCUT2D eigenvalue weighted by molar-refractivity contribution is 5.92. The molecule has 2 aromatic heterocycles. The van der Waals surface area contributed by atoms with Crippen LogP contribution in [0.15, 0.2) is 334 Å². The van der Waals surface area contributed by atoms with Crippen molar-refractivity contribution < 1.29 is 9.47 Å². The molecule has 0 fully saturated rings. The monoisotopic (exact) mass is 1330 g/mol. The molecule has 482 valence electrons. The van der Waals surface area contributed by atoms with Gasteiger partial charge in [0.15, 0.2) is 34.9 Å². The van der Waals surface area contributed by atoms with Crippen LogP contribution in [0.5, 0.6) is 23.0 Å². The van der Waals surface area contributed by atoms with Crippen LogP contribution in [0.3, 0.4) is 0 Å². The van der Waals surface area contributed by atoms with Gasteiger partial charge in [0.1, 0.15) is 28.6 Å². The summed E-state index contributed by atoms with van der Waals surface area (Å²) in [5.41, 5.74) is 23.5. The second-order valence-electron chi connectivity index (χ2n) is 26.5. The van der Waals surface area contributed by atoms with Gasteiger partial charge in [0, 0.05) is 73.8 Å². The van der Waals surface area contributed by atoms with Crippen LogP contribution in [0.2, 0.25) is 0 Å². The molecule has 0 atom stereocenters. The highest BCUT2D eigenvalue weighted by Gasteiger charge is 2.53. The van der Waals surface area contributed by atoms with Gasteiger partial charge in [-0.2, -0.15) is 5.26 Å². The van der Waals surface area contributed by atoms with Gasteiger partial charge in [0.2, 0.25) is 0 Å². The first kappa shape index (κ1) is 59.7. The quantitative estimate of drug-likeness (QED) is 0.146. The van der Waals surface area contributed by atoms with E-state index in [1.807, 2.05) is 127 Å². The number of nitrogens with zero attached hydrogens (tertiary/aromatic N) is 8. The van der Waals surface area contributed by atoms with E-state index in [-0.39, 0.29) is 0 Å². The van der Waals surface area contributed by atoms with E-state index in [0.717, 1.165) is 101 Å². The van der Waals surface area contributed by atoms with Crippen LogP contribution in [0.25, 0.3) is 118 Å². The Bertz CT molecular complexity index is 6170. The van der Waals surface area contributed by atoms with Gasteiger partial charge < -0.3 is 9.47 Å². The predicted octanol–water partition coefficient (Wildman–Crippen LogP) is 22.2. The van der Waals surface area contributed by atoms with Crippen LogP contribution in [0.1, 0.15) is 55.6 Å². The Morgan fingerprint density at radius 2 is 0.538 bits per heavy atom. The molecule has 0 amide bonds. The molecule has 0 bridgehead atoms. The van der Waals surface area contributed by atoms with Crippen molar-refractivity contribution in [2.45, 2.75) is 10.8 Å². The molecule has 0 saturated heterocycles. The minimum absolute atomic E-state index is 0.526. The molecule has 2 spiro atoms. The van der Waals surface area contributed by atoms with Gasteiger partial charge in [-0.1, -0.05) is 267 Å². The van der Waals surface area contributed by atoms with E-state index in [1.54, 1.807) is 0 Å². The lowest BCUT2D eigenvalue weighted by Crippen LogP contribution is -2.32. The van der Waals surface area contributed by atoms with Crippen molar-refractivity contribution in [2.24, 2.45) is 0 Å². The summed E-state index contributed by atoms with van der Waals surface area (Å²) in [4.78, 5) is 35.3. The highest BCUT2D eigenvalue weighted by Crippen LogP contribution is 2.64. The molecule has 10 nitrogen and oxygen atoms in total. The number of hydrogen-bond donors (Lipinski definition) is 0.